The van der Waals surface area contributed by atoms with Gasteiger partial charge in [-0.3, -0.25) is 0 Å². The molecule has 0 spiro atoms. The van der Waals surface area contributed by atoms with Crippen molar-refractivity contribution in [3.8, 4) is 67.9 Å². The maximum Gasteiger partial charge on any atom is 0.343 e. The Hall–Kier alpha value is -9.54. The van der Waals surface area contributed by atoms with Crippen LogP contribution < -0.4 is 38.9 Å². The minimum atomic E-state index is -0.568. The Morgan fingerprint density at radius 3 is 1.19 bits per heavy atom. The van der Waals surface area contributed by atoms with E-state index in [9.17, 15) is 19.2 Å². The monoisotopic (exact) mass is 948 g/mol. The topological polar surface area (TPSA) is 124 Å². The Bertz CT molecular complexity index is 3620. The first-order chi connectivity index (χ1) is 35.2. The number of hydrogen-bond acceptors (Lipinski definition) is 10. The van der Waals surface area contributed by atoms with Crippen LogP contribution in [0.5, 0.6) is 34.5 Å². The number of esters is 4. The molecule has 1 aliphatic carbocycles. The first kappa shape index (κ1) is 46.2. The molecule has 9 aromatic rings. The summed E-state index contributed by atoms with van der Waals surface area (Å²) in [5.41, 5.74) is 6.11. The van der Waals surface area contributed by atoms with E-state index < -0.39 is 23.9 Å². The smallest absolute Gasteiger partial charge is 0.343 e. The van der Waals surface area contributed by atoms with Gasteiger partial charge in [-0.05, 0) is 165 Å². The second-order valence-corrected chi connectivity index (χ2v) is 16.8. The van der Waals surface area contributed by atoms with E-state index in [0.717, 1.165) is 56.3 Å². The van der Waals surface area contributed by atoms with Crippen molar-refractivity contribution < 1.29 is 47.6 Å². The van der Waals surface area contributed by atoms with Gasteiger partial charge in [0.1, 0.15) is 34.5 Å². The molecule has 10 rings (SSSR count). The number of fused-ring (bicyclic) bond motifs is 2. The minimum Gasteiger partial charge on any atom is -0.497 e. The van der Waals surface area contributed by atoms with Crippen LogP contribution in [-0.2, 0) is 0 Å². The third-order valence-electron chi connectivity index (χ3n) is 12.4. The van der Waals surface area contributed by atoms with E-state index in [1.807, 2.05) is 84.9 Å². The van der Waals surface area contributed by atoms with Gasteiger partial charge in [-0.15, -0.1) is 0 Å². The molecule has 9 aromatic carbocycles. The number of ether oxygens (including phenoxy) is 6. The van der Waals surface area contributed by atoms with Gasteiger partial charge in [0.25, 0.3) is 0 Å². The van der Waals surface area contributed by atoms with E-state index in [2.05, 4.69) is 12.2 Å². The Morgan fingerprint density at radius 1 is 0.347 bits per heavy atom. The Balaban J connectivity index is 0.877. The van der Waals surface area contributed by atoms with Gasteiger partial charge >= 0.3 is 23.9 Å². The summed E-state index contributed by atoms with van der Waals surface area (Å²) in [7, 11) is 3.12. The number of carbonyl (C=O) groups excluding carboxylic acids is 4. The summed E-state index contributed by atoms with van der Waals surface area (Å²) in [6.07, 6.45) is 5.91. The van der Waals surface area contributed by atoms with Crippen molar-refractivity contribution in [1.29, 1.82) is 0 Å². The first-order valence-electron chi connectivity index (χ1n) is 23.1. The summed E-state index contributed by atoms with van der Waals surface area (Å²) in [6.45, 7) is 0. The van der Waals surface area contributed by atoms with Gasteiger partial charge in [-0.2, -0.15) is 0 Å². The molecule has 0 fully saturated rings. The summed E-state index contributed by atoms with van der Waals surface area (Å²) < 4.78 is 34.1. The van der Waals surface area contributed by atoms with E-state index >= 15 is 0 Å². The molecule has 0 heterocycles. The molecule has 10 heteroatoms. The number of hydrogen-bond donors (Lipinski definition) is 0. The molecule has 0 atom stereocenters. The third-order valence-corrected chi connectivity index (χ3v) is 12.4. The number of benzene rings is 9. The van der Waals surface area contributed by atoms with E-state index in [4.69, 9.17) is 28.4 Å². The summed E-state index contributed by atoms with van der Waals surface area (Å²) in [6, 6.07) is 57.0. The lowest BCUT2D eigenvalue weighted by Crippen LogP contribution is -2.30. The number of rotatable bonds is 13. The van der Waals surface area contributed by atoms with E-state index in [1.54, 1.807) is 123 Å². The van der Waals surface area contributed by atoms with Crippen molar-refractivity contribution in [3.05, 3.63) is 227 Å². The average molecular weight is 949 g/mol. The van der Waals surface area contributed by atoms with Gasteiger partial charge in [-0.1, -0.05) is 97.1 Å². The van der Waals surface area contributed by atoms with Gasteiger partial charge in [0.15, 0.2) is 0 Å². The highest BCUT2D eigenvalue weighted by molar-refractivity contribution is 6.04. The normalized spacial score (nSPS) is 11.5. The van der Waals surface area contributed by atoms with Crippen LogP contribution in [0, 0.1) is 0 Å². The Morgan fingerprint density at radius 2 is 0.722 bits per heavy atom. The second-order valence-electron chi connectivity index (χ2n) is 16.8. The van der Waals surface area contributed by atoms with Crippen molar-refractivity contribution in [2.24, 2.45) is 0 Å². The second kappa shape index (κ2) is 20.6. The van der Waals surface area contributed by atoms with Crippen LogP contribution in [0.15, 0.2) is 194 Å². The summed E-state index contributed by atoms with van der Waals surface area (Å²) >= 11 is 0. The molecule has 352 valence electrons. The predicted octanol–water partition coefficient (Wildman–Crippen LogP) is 12.1. The van der Waals surface area contributed by atoms with Crippen molar-refractivity contribution in [3.63, 3.8) is 0 Å². The minimum absolute atomic E-state index is 0.304. The molecule has 0 N–H and O–H groups in total. The zero-order valence-electron chi connectivity index (χ0n) is 39.1. The zero-order chi connectivity index (χ0) is 49.6. The molecule has 1 aliphatic rings. The first-order valence-corrected chi connectivity index (χ1v) is 23.1. The highest BCUT2D eigenvalue weighted by atomic mass is 16.5. The highest BCUT2D eigenvalue weighted by Gasteiger charge is 2.23. The maximum absolute atomic E-state index is 14.1. The summed E-state index contributed by atoms with van der Waals surface area (Å²) in [5.74, 6) is 0.581. The van der Waals surface area contributed by atoms with E-state index in [-0.39, 0.29) is 0 Å². The fourth-order valence-electron chi connectivity index (χ4n) is 8.55. The maximum atomic E-state index is 14.1. The van der Waals surface area contributed by atoms with Crippen LogP contribution in [0.2, 0.25) is 0 Å². The SMILES string of the molecule is COc1ccc(C(=O)Oc2ccc(-c3ccc(C(=O)Oc4ccc5c(c4-c4c(OC(=O)c6ccc(-c7ccc(OC(=O)c8ccc(OC)cc8)cc7)cc6)ccc6ccccc46)=CCCC=5)cc3)cc2)cc1. The van der Waals surface area contributed by atoms with Crippen molar-refractivity contribution in [1.82, 2.24) is 0 Å². The van der Waals surface area contributed by atoms with Crippen LogP contribution in [0.1, 0.15) is 54.3 Å². The Kier molecular flexibility index (Phi) is 13.2. The average Bonchev–Trinajstić information content (AvgIpc) is 3.43. The van der Waals surface area contributed by atoms with E-state index in [1.165, 1.54) is 0 Å². The number of carbonyl (C=O) groups is 4. The van der Waals surface area contributed by atoms with Gasteiger partial charge in [0.2, 0.25) is 0 Å². The summed E-state index contributed by atoms with van der Waals surface area (Å²) in [4.78, 5) is 53.6. The van der Waals surface area contributed by atoms with Crippen LogP contribution >= 0.6 is 0 Å². The summed E-state index contributed by atoms with van der Waals surface area (Å²) in [5, 5.41) is 3.57. The largest absolute Gasteiger partial charge is 0.497 e. The van der Waals surface area contributed by atoms with Crippen LogP contribution in [0.4, 0.5) is 0 Å². The molecule has 72 heavy (non-hydrogen) atoms. The predicted molar refractivity (Wildman–Crippen MR) is 276 cm³/mol. The fourth-order valence-corrected chi connectivity index (χ4v) is 8.55. The highest BCUT2D eigenvalue weighted by Crippen LogP contribution is 2.41. The molecule has 0 saturated heterocycles. The van der Waals surface area contributed by atoms with Gasteiger partial charge in [-0.25, -0.2) is 19.2 Å². The molecule has 0 radical (unpaired) electrons. The molecular weight excluding hydrogens is 905 g/mol. The number of methoxy groups -OCH3 is 2. The van der Waals surface area contributed by atoms with Gasteiger partial charge in [0, 0.05) is 11.1 Å². The third kappa shape index (κ3) is 9.97. The lowest BCUT2D eigenvalue weighted by molar-refractivity contribution is 0.0723. The molecule has 0 aromatic heterocycles. The van der Waals surface area contributed by atoms with Crippen molar-refractivity contribution in [2.75, 3.05) is 14.2 Å². The molecule has 0 unspecified atom stereocenters. The van der Waals surface area contributed by atoms with E-state index in [0.29, 0.717) is 67.9 Å². The molecule has 0 aliphatic heterocycles. The standard InChI is InChI=1S/C62H44O10/c1-67-49-29-23-47(24-30-49)59(63)69-51-33-19-41(20-34-51)39-11-15-45(16-12-39)61(65)71-55-37-27-43-7-3-5-9-53(43)57(55)58-54-10-6-4-8-44(54)28-38-56(58)72-62(66)46-17-13-40(14-18-46)42-21-35-52(36-22-42)70-60(64)48-25-31-50(68-2)32-26-48/h3,5,7-38H,4,6H2,1-2H3. The molecule has 0 bridgehead atoms. The lowest BCUT2D eigenvalue weighted by atomic mass is 9.92. The molecule has 10 nitrogen and oxygen atoms in total. The Labute approximate surface area is 414 Å². The van der Waals surface area contributed by atoms with Gasteiger partial charge in [0.05, 0.1) is 36.5 Å². The van der Waals surface area contributed by atoms with Crippen molar-refractivity contribution in [2.45, 2.75) is 12.8 Å². The van der Waals surface area contributed by atoms with Crippen LogP contribution in [-0.4, -0.2) is 38.1 Å². The molecule has 0 amide bonds. The van der Waals surface area contributed by atoms with Crippen LogP contribution in [0.3, 0.4) is 0 Å². The quantitative estimate of drug-likeness (QED) is 0.0815. The van der Waals surface area contributed by atoms with Crippen LogP contribution in [0.25, 0.3) is 56.3 Å². The molecular formula is C62H44O10. The van der Waals surface area contributed by atoms with Gasteiger partial charge < -0.3 is 28.4 Å². The lowest BCUT2D eigenvalue weighted by Gasteiger charge is -2.19. The molecule has 0 saturated carbocycles. The fraction of sp³-hybridized carbons (Fsp3) is 0.0645. The van der Waals surface area contributed by atoms with Crippen molar-refractivity contribution >= 4 is 46.8 Å². The zero-order valence-corrected chi connectivity index (χ0v) is 39.1.